The van der Waals surface area contributed by atoms with Crippen molar-refractivity contribution in [2.24, 2.45) is 0 Å². The minimum Gasteiger partial charge on any atom is -0.465 e. The topological polar surface area (TPSA) is 71.5 Å². The van der Waals surface area contributed by atoms with Gasteiger partial charge in [0.25, 0.3) is 5.91 Å². The highest BCUT2D eigenvalue weighted by molar-refractivity contribution is 6.04. The third kappa shape index (κ3) is 4.30. The van der Waals surface area contributed by atoms with E-state index in [9.17, 15) is 9.59 Å². The van der Waals surface area contributed by atoms with Crippen LogP contribution in [0.4, 0.5) is 17.2 Å². The second kappa shape index (κ2) is 8.14. The van der Waals surface area contributed by atoms with Gasteiger partial charge in [0, 0.05) is 24.6 Å². The first-order valence-electron chi connectivity index (χ1n) is 8.33. The molecule has 0 fully saturated rings. The molecule has 0 spiro atoms. The molecular formula is C21H19N3O3. The van der Waals surface area contributed by atoms with E-state index < -0.39 is 5.97 Å². The van der Waals surface area contributed by atoms with E-state index in [-0.39, 0.29) is 5.91 Å². The predicted molar refractivity (Wildman–Crippen MR) is 104 cm³/mol. The lowest BCUT2D eigenvalue weighted by Gasteiger charge is -2.18. The average Bonchev–Trinajstić information content (AvgIpc) is 2.73. The summed E-state index contributed by atoms with van der Waals surface area (Å²) in [4.78, 5) is 30.3. The van der Waals surface area contributed by atoms with Crippen LogP contribution in [0.1, 0.15) is 20.7 Å². The molecule has 1 heterocycles. The number of benzene rings is 2. The number of esters is 1. The zero-order chi connectivity index (χ0) is 19.2. The van der Waals surface area contributed by atoms with Crippen molar-refractivity contribution < 1.29 is 14.3 Å². The first-order valence-corrected chi connectivity index (χ1v) is 8.33. The molecule has 0 atom stereocenters. The van der Waals surface area contributed by atoms with E-state index in [1.807, 2.05) is 42.3 Å². The molecule has 0 aliphatic carbocycles. The maximum Gasteiger partial charge on any atom is 0.337 e. The van der Waals surface area contributed by atoms with Crippen molar-refractivity contribution in [1.29, 1.82) is 0 Å². The number of nitrogens with one attached hydrogen (secondary N) is 1. The molecule has 0 saturated heterocycles. The molecule has 6 nitrogen and oxygen atoms in total. The van der Waals surface area contributed by atoms with Crippen LogP contribution in [-0.2, 0) is 4.74 Å². The Kier molecular flexibility index (Phi) is 5.47. The summed E-state index contributed by atoms with van der Waals surface area (Å²) >= 11 is 0. The van der Waals surface area contributed by atoms with Gasteiger partial charge in [-0.2, -0.15) is 0 Å². The van der Waals surface area contributed by atoms with Crippen LogP contribution in [0.2, 0.25) is 0 Å². The molecule has 6 heteroatoms. The molecule has 2 aromatic carbocycles. The lowest BCUT2D eigenvalue weighted by Crippen LogP contribution is -2.15. The van der Waals surface area contributed by atoms with E-state index in [2.05, 4.69) is 15.0 Å². The largest absolute Gasteiger partial charge is 0.465 e. The van der Waals surface area contributed by atoms with E-state index in [1.165, 1.54) is 13.3 Å². The third-order valence-corrected chi connectivity index (χ3v) is 4.04. The molecule has 136 valence electrons. The Labute approximate surface area is 157 Å². The molecule has 0 bridgehead atoms. The highest BCUT2D eigenvalue weighted by Gasteiger charge is 2.11. The van der Waals surface area contributed by atoms with Gasteiger partial charge in [-0.3, -0.25) is 4.79 Å². The maximum atomic E-state index is 12.4. The van der Waals surface area contributed by atoms with E-state index >= 15 is 0 Å². The van der Waals surface area contributed by atoms with Crippen molar-refractivity contribution in [2.45, 2.75) is 0 Å². The van der Waals surface area contributed by atoms with Gasteiger partial charge >= 0.3 is 5.97 Å². The quantitative estimate of drug-likeness (QED) is 0.698. The fraction of sp³-hybridized carbons (Fsp3) is 0.0952. The SMILES string of the molecule is COC(=O)c1cccc(NC(=O)c2ccc(N(C)c3ccccc3)nc2)c1. The lowest BCUT2D eigenvalue weighted by atomic mass is 10.2. The van der Waals surface area contributed by atoms with Crippen LogP contribution in [0.3, 0.4) is 0 Å². The summed E-state index contributed by atoms with van der Waals surface area (Å²) in [5.41, 5.74) is 2.30. The lowest BCUT2D eigenvalue weighted by molar-refractivity contribution is 0.0600. The zero-order valence-corrected chi connectivity index (χ0v) is 15.0. The number of para-hydroxylation sites is 1. The van der Waals surface area contributed by atoms with Gasteiger partial charge in [0.05, 0.1) is 18.2 Å². The monoisotopic (exact) mass is 361 g/mol. The molecule has 27 heavy (non-hydrogen) atoms. The average molecular weight is 361 g/mol. The molecule has 1 amide bonds. The van der Waals surface area contributed by atoms with Crippen LogP contribution in [-0.4, -0.2) is 31.0 Å². The summed E-state index contributed by atoms with van der Waals surface area (Å²) in [7, 11) is 3.23. The molecule has 0 saturated carbocycles. The predicted octanol–water partition coefficient (Wildman–Crippen LogP) is 3.89. The summed E-state index contributed by atoms with van der Waals surface area (Å²) in [6, 6.07) is 19.9. The second-order valence-electron chi connectivity index (χ2n) is 5.83. The summed E-state index contributed by atoms with van der Waals surface area (Å²) in [5, 5.41) is 2.76. The minimum absolute atomic E-state index is 0.307. The van der Waals surface area contributed by atoms with Crippen molar-refractivity contribution in [3.63, 3.8) is 0 Å². The number of carbonyl (C=O) groups is 2. The fourth-order valence-electron chi connectivity index (χ4n) is 2.55. The van der Waals surface area contributed by atoms with E-state index in [0.29, 0.717) is 16.8 Å². The van der Waals surface area contributed by atoms with Crippen LogP contribution < -0.4 is 10.2 Å². The minimum atomic E-state index is -0.457. The van der Waals surface area contributed by atoms with E-state index in [0.717, 1.165) is 11.5 Å². The smallest absolute Gasteiger partial charge is 0.337 e. The standard InChI is InChI=1S/C21H19N3O3/c1-24(18-9-4-3-5-10-18)19-12-11-16(14-22-19)20(25)23-17-8-6-7-15(13-17)21(26)27-2/h3-14H,1-2H3,(H,23,25). The Balaban J connectivity index is 1.72. The third-order valence-electron chi connectivity index (χ3n) is 4.04. The maximum absolute atomic E-state index is 12.4. The number of nitrogens with zero attached hydrogens (tertiary/aromatic N) is 2. The van der Waals surface area contributed by atoms with Crippen molar-refractivity contribution in [3.8, 4) is 0 Å². The molecule has 0 radical (unpaired) electrons. The first kappa shape index (κ1) is 18.1. The zero-order valence-electron chi connectivity index (χ0n) is 15.0. The first-order chi connectivity index (χ1) is 13.1. The molecule has 1 aromatic heterocycles. The van der Waals surface area contributed by atoms with Crippen molar-refractivity contribution >= 4 is 29.1 Å². The summed E-state index contributed by atoms with van der Waals surface area (Å²) < 4.78 is 4.69. The van der Waals surface area contributed by atoms with Gasteiger partial charge in [-0.05, 0) is 42.5 Å². The number of aromatic nitrogens is 1. The molecule has 0 aliphatic heterocycles. The van der Waals surface area contributed by atoms with Crippen molar-refractivity contribution in [3.05, 3.63) is 84.1 Å². The van der Waals surface area contributed by atoms with Gasteiger partial charge in [-0.25, -0.2) is 9.78 Å². The number of methoxy groups -OCH3 is 1. The Morgan fingerprint density at radius 2 is 1.74 bits per heavy atom. The summed E-state index contributed by atoms with van der Waals surface area (Å²) in [5.74, 6) is -0.0371. The highest BCUT2D eigenvalue weighted by atomic mass is 16.5. The number of anilines is 3. The Morgan fingerprint density at radius 1 is 0.963 bits per heavy atom. The molecule has 0 aliphatic rings. The fourth-order valence-corrected chi connectivity index (χ4v) is 2.55. The number of rotatable bonds is 5. The molecule has 3 rings (SSSR count). The van der Waals surface area contributed by atoms with Crippen molar-refractivity contribution in [2.75, 3.05) is 24.4 Å². The highest BCUT2D eigenvalue weighted by Crippen LogP contribution is 2.21. The Morgan fingerprint density at radius 3 is 2.41 bits per heavy atom. The van der Waals surface area contributed by atoms with E-state index in [4.69, 9.17) is 0 Å². The number of hydrogen-bond acceptors (Lipinski definition) is 5. The van der Waals surface area contributed by atoms with Gasteiger partial charge in [0.1, 0.15) is 5.82 Å². The van der Waals surface area contributed by atoms with Gasteiger partial charge < -0.3 is 15.0 Å². The number of pyridine rings is 1. The molecule has 1 N–H and O–H groups in total. The van der Waals surface area contributed by atoms with Crippen LogP contribution in [0.5, 0.6) is 0 Å². The Hall–Kier alpha value is -3.67. The summed E-state index contributed by atoms with van der Waals surface area (Å²) in [6.45, 7) is 0. The molecule has 3 aromatic rings. The van der Waals surface area contributed by atoms with Gasteiger partial charge in [0.15, 0.2) is 0 Å². The molecule has 0 unspecified atom stereocenters. The number of amides is 1. The van der Waals surface area contributed by atoms with E-state index in [1.54, 1.807) is 36.4 Å². The van der Waals surface area contributed by atoms with Crippen LogP contribution in [0.15, 0.2) is 72.9 Å². The van der Waals surface area contributed by atoms with Crippen LogP contribution in [0, 0.1) is 0 Å². The molecular weight excluding hydrogens is 342 g/mol. The number of hydrogen-bond donors (Lipinski definition) is 1. The van der Waals surface area contributed by atoms with Crippen LogP contribution in [0.25, 0.3) is 0 Å². The van der Waals surface area contributed by atoms with Gasteiger partial charge in [-0.1, -0.05) is 24.3 Å². The second-order valence-corrected chi connectivity index (χ2v) is 5.83. The number of carbonyl (C=O) groups excluding carboxylic acids is 2. The van der Waals surface area contributed by atoms with Gasteiger partial charge in [-0.15, -0.1) is 0 Å². The number of ether oxygens (including phenoxy) is 1. The van der Waals surface area contributed by atoms with Crippen molar-refractivity contribution in [1.82, 2.24) is 4.98 Å². The summed E-state index contributed by atoms with van der Waals surface area (Å²) in [6.07, 6.45) is 1.52. The van der Waals surface area contributed by atoms with Crippen LogP contribution >= 0.6 is 0 Å². The Bertz CT molecular complexity index is 940. The normalized spacial score (nSPS) is 10.1. The van der Waals surface area contributed by atoms with Gasteiger partial charge in [0.2, 0.25) is 0 Å².